The van der Waals surface area contributed by atoms with Crippen LogP contribution >= 0.6 is 22.9 Å². The van der Waals surface area contributed by atoms with Gasteiger partial charge in [-0.25, -0.2) is 4.98 Å². The van der Waals surface area contributed by atoms with Crippen LogP contribution in [0.3, 0.4) is 0 Å². The van der Waals surface area contributed by atoms with Crippen LogP contribution in [0.4, 0.5) is 11.8 Å². The molecule has 1 fully saturated rings. The van der Waals surface area contributed by atoms with Crippen molar-refractivity contribution in [3.8, 4) is 0 Å². The Morgan fingerprint density at radius 2 is 2.12 bits per heavy atom. The summed E-state index contributed by atoms with van der Waals surface area (Å²) < 4.78 is 5.98. The Hall–Kier alpha value is -1.90. The average molecular weight is 382 g/mol. The average Bonchev–Trinajstić information content (AvgIpc) is 3.05. The fraction of sp³-hybridized carbons (Fsp3) is 0.438. The Bertz CT molecular complexity index is 733. The van der Waals surface area contributed by atoms with Crippen molar-refractivity contribution in [1.29, 1.82) is 0 Å². The number of morpholine rings is 1. The lowest BCUT2D eigenvalue weighted by Gasteiger charge is -2.28. The van der Waals surface area contributed by atoms with Crippen LogP contribution in [0.2, 0.25) is 4.34 Å². The van der Waals surface area contributed by atoms with Crippen LogP contribution < -0.4 is 15.5 Å². The van der Waals surface area contributed by atoms with Crippen LogP contribution in [0, 0.1) is 6.92 Å². The molecule has 7 nitrogen and oxygen atoms in total. The molecule has 0 unspecified atom stereocenters. The summed E-state index contributed by atoms with van der Waals surface area (Å²) in [4.78, 5) is 23.7. The van der Waals surface area contributed by atoms with Crippen molar-refractivity contribution in [1.82, 2.24) is 15.3 Å². The fourth-order valence-corrected chi connectivity index (χ4v) is 3.42. The van der Waals surface area contributed by atoms with Gasteiger partial charge in [-0.2, -0.15) is 4.98 Å². The van der Waals surface area contributed by atoms with Crippen molar-refractivity contribution in [2.75, 3.05) is 49.6 Å². The predicted octanol–water partition coefficient (Wildman–Crippen LogP) is 2.18. The van der Waals surface area contributed by atoms with Crippen LogP contribution in [0.1, 0.15) is 15.4 Å². The van der Waals surface area contributed by atoms with Gasteiger partial charge in [-0.15, -0.1) is 11.3 Å². The van der Waals surface area contributed by atoms with Crippen molar-refractivity contribution < 1.29 is 9.53 Å². The largest absolute Gasteiger partial charge is 0.378 e. The number of nitrogens with zero attached hydrogens (tertiary/aromatic N) is 3. The molecule has 2 aromatic rings. The van der Waals surface area contributed by atoms with Gasteiger partial charge in [-0.1, -0.05) is 11.6 Å². The number of rotatable bonds is 6. The minimum atomic E-state index is -0.127. The second kappa shape index (κ2) is 8.46. The quantitative estimate of drug-likeness (QED) is 0.746. The molecule has 3 heterocycles. The highest BCUT2D eigenvalue weighted by Crippen LogP contribution is 2.21. The number of anilines is 2. The summed E-state index contributed by atoms with van der Waals surface area (Å²) >= 11 is 7.10. The topological polar surface area (TPSA) is 79.4 Å². The van der Waals surface area contributed by atoms with Crippen LogP contribution in [0.5, 0.6) is 0 Å². The maximum absolute atomic E-state index is 11.9. The molecule has 0 radical (unpaired) electrons. The number of amides is 1. The molecule has 1 amide bonds. The number of thiophene rings is 1. The number of nitrogens with one attached hydrogen (secondary N) is 2. The van der Waals surface area contributed by atoms with Gasteiger partial charge in [0.25, 0.3) is 5.91 Å². The van der Waals surface area contributed by atoms with E-state index >= 15 is 0 Å². The lowest BCUT2D eigenvalue weighted by atomic mass is 10.3. The molecule has 1 aliphatic heterocycles. The normalized spacial score (nSPS) is 14.4. The molecule has 0 atom stereocenters. The summed E-state index contributed by atoms with van der Waals surface area (Å²) in [6.07, 6.45) is 0. The Balaban J connectivity index is 1.51. The Morgan fingerprint density at radius 3 is 2.84 bits per heavy atom. The molecule has 0 saturated carbocycles. The zero-order chi connectivity index (χ0) is 17.6. The Morgan fingerprint density at radius 1 is 1.32 bits per heavy atom. The van der Waals surface area contributed by atoms with Crippen LogP contribution in [0.15, 0.2) is 18.2 Å². The second-order valence-electron chi connectivity index (χ2n) is 5.58. The van der Waals surface area contributed by atoms with Gasteiger partial charge in [0.05, 0.1) is 22.4 Å². The van der Waals surface area contributed by atoms with E-state index in [9.17, 15) is 4.79 Å². The first-order valence-corrected chi connectivity index (χ1v) is 9.27. The molecule has 2 aromatic heterocycles. The molecule has 1 saturated heterocycles. The zero-order valence-electron chi connectivity index (χ0n) is 13.9. The third-order valence-corrected chi connectivity index (χ3v) is 4.90. The van der Waals surface area contributed by atoms with Crippen LogP contribution in [-0.4, -0.2) is 55.3 Å². The van der Waals surface area contributed by atoms with E-state index in [1.807, 2.05) is 13.0 Å². The summed E-state index contributed by atoms with van der Waals surface area (Å²) in [7, 11) is 0. The van der Waals surface area contributed by atoms with E-state index in [0.717, 1.165) is 24.6 Å². The van der Waals surface area contributed by atoms with Crippen molar-refractivity contribution in [3.63, 3.8) is 0 Å². The lowest BCUT2D eigenvalue weighted by Crippen LogP contribution is -2.37. The standard InChI is InChI=1S/C16H20ClN5O2S/c1-11-10-14(22-6-8-24-9-7-22)21-16(20-11)19-5-4-18-15(23)12-2-3-13(17)25-12/h2-3,10H,4-9H2,1H3,(H,18,23)(H,19,20,21). The maximum Gasteiger partial charge on any atom is 0.261 e. The second-order valence-corrected chi connectivity index (χ2v) is 7.29. The SMILES string of the molecule is Cc1cc(N2CCOCC2)nc(NCCNC(=O)c2ccc(Cl)s2)n1. The molecule has 9 heteroatoms. The number of carbonyl (C=O) groups is 1. The van der Waals surface area contributed by atoms with Gasteiger partial charge >= 0.3 is 0 Å². The summed E-state index contributed by atoms with van der Waals surface area (Å²) in [5.74, 6) is 1.34. The highest BCUT2D eigenvalue weighted by molar-refractivity contribution is 7.17. The molecule has 25 heavy (non-hydrogen) atoms. The van der Waals surface area contributed by atoms with E-state index in [0.29, 0.717) is 41.5 Å². The Kier molecular flexibility index (Phi) is 6.06. The number of aryl methyl sites for hydroxylation is 1. The number of aromatic nitrogens is 2. The van der Waals surface area contributed by atoms with Gasteiger partial charge in [-0.05, 0) is 19.1 Å². The van der Waals surface area contributed by atoms with E-state index in [4.69, 9.17) is 16.3 Å². The third kappa shape index (κ3) is 5.04. The number of carbonyl (C=O) groups excluding carboxylic acids is 1. The summed E-state index contributed by atoms with van der Waals surface area (Å²) in [5, 5.41) is 6.00. The molecular weight excluding hydrogens is 362 g/mol. The summed E-state index contributed by atoms with van der Waals surface area (Å²) in [5.41, 5.74) is 0.899. The lowest BCUT2D eigenvalue weighted by molar-refractivity contribution is 0.0959. The van der Waals surface area contributed by atoms with E-state index in [-0.39, 0.29) is 5.91 Å². The van der Waals surface area contributed by atoms with Crippen molar-refractivity contribution in [3.05, 3.63) is 33.1 Å². The van der Waals surface area contributed by atoms with Gasteiger partial charge in [0, 0.05) is 37.9 Å². The fourth-order valence-electron chi connectivity index (χ4n) is 2.46. The number of ether oxygens (including phenoxy) is 1. The number of hydrogen-bond acceptors (Lipinski definition) is 7. The molecule has 134 valence electrons. The first kappa shape index (κ1) is 17.9. The zero-order valence-corrected chi connectivity index (χ0v) is 15.5. The highest BCUT2D eigenvalue weighted by atomic mass is 35.5. The molecular formula is C16H20ClN5O2S. The van der Waals surface area contributed by atoms with Crippen molar-refractivity contribution in [2.45, 2.75) is 6.92 Å². The number of hydrogen-bond donors (Lipinski definition) is 2. The van der Waals surface area contributed by atoms with Gasteiger partial charge in [-0.3, -0.25) is 4.79 Å². The summed E-state index contributed by atoms with van der Waals surface area (Å²) in [6, 6.07) is 5.40. The van der Waals surface area contributed by atoms with Crippen molar-refractivity contribution in [2.24, 2.45) is 0 Å². The minimum absolute atomic E-state index is 0.127. The van der Waals surface area contributed by atoms with Crippen molar-refractivity contribution >= 4 is 40.6 Å². The smallest absolute Gasteiger partial charge is 0.261 e. The molecule has 3 rings (SSSR count). The van der Waals surface area contributed by atoms with E-state index in [1.54, 1.807) is 12.1 Å². The molecule has 0 aliphatic carbocycles. The third-order valence-electron chi connectivity index (χ3n) is 3.67. The first-order valence-electron chi connectivity index (χ1n) is 8.07. The Labute approximate surface area is 155 Å². The van der Waals surface area contributed by atoms with Crippen LogP contribution in [-0.2, 0) is 4.74 Å². The van der Waals surface area contributed by atoms with Gasteiger partial charge < -0.3 is 20.3 Å². The minimum Gasteiger partial charge on any atom is -0.378 e. The van der Waals surface area contributed by atoms with Crippen LogP contribution in [0.25, 0.3) is 0 Å². The molecule has 0 aromatic carbocycles. The monoisotopic (exact) mass is 381 g/mol. The maximum atomic E-state index is 11.9. The van der Waals surface area contributed by atoms with Gasteiger partial charge in [0.15, 0.2) is 0 Å². The van der Waals surface area contributed by atoms with Gasteiger partial charge in [0.1, 0.15) is 5.82 Å². The molecule has 1 aliphatic rings. The molecule has 2 N–H and O–H groups in total. The first-order chi connectivity index (χ1) is 12.1. The van der Waals surface area contributed by atoms with E-state index in [1.165, 1.54) is 11.3 Å². The van der Waals surface area contributed by atoms with E-state index < -0.39 is 0 Å². The summed E-state index contributed by atoms with van der Waals surface area (Å²) in [6.45, 7) is 6.04. The van der Waals surface area contributed by atoms with E-state index in [2.05, 4.69) is 25.5 Å². The predicted molar refractivity (Wildman–Crippen MR) is 100.0 cm³/mol. The van der Waals surface area contributed by atoms with Gasteiger partial charge in [0.2, 0.25) is 5.95 Å². The highest BCUT2D eigenvalue weighted by Gasteiger charge is 2.14. The molecule has 0 spiro atoms. The molecule has 0 bridgehead atoms. The number of halogens is 1.